The van der Waals surface area contributed by atoms with Gasteiger partial charge in [-0.3, -0.25) is 0 Å². The van der Waals surface area contributed by atoms with Gasteiger partial charge in [0.05, 0.1) is 5.69 Å². The number of rotatable bonds is 4. The van der Waals surface area contributed by atoms with Crippen LogP contribution in [-0.2, 0) is 6.42 Å². The lowest BCUT2D eigenvalue weighted by molar-refractivity contribution is 0.131. The van der Waals surface area contributed by atoms with Gasteiger partial charge in [0.1, 0.15) is 11.4 Å². The smallest absolute Gasteiger partial charge is 0.156 e. The highest BCUT2D eigenvalue weighted by molar-refractivity contribution is 5.39. The molecule has 0 saturated carbocycles. The predicted octanol–water partition coefficient (Wildman–Crippen LogP) is 2.79. The van der Waals surface area contributed by atoms with Gasteiger partial charge in [-0.15, -0.1) is 5.10 Å². The van der Waals surface area contributed by atoms with E-state index in [0.29, 0.717) is 0 Å². The summed E-state index contributed by atoms with van der Waals surface area (Å²) in [5, 5.41) is 11.8. The quantitative estimate of drug-likeness (QED) is 0.848. The summed E-state index contributed by atoms with van der Waals surface area (Å²) in [5.74, 6) is 1.69. The van der Waals surface area contributed by atoms with Crippen molar-refractivity contribution in [2.45, 2.75) is 46.1 Å². The number of aryl methyl sites for hydroxylation is 1. The van der Waals surface area contributed by atoms with Crippen molar-refractivity contribution >= 4 is 0 Å². The summed E-state index contributed by atoms with van der Waals surface area (Å²) in [6.45, 7) is 8.19. The maximum atomic E-state index is 5.86. The Bertz CT molecular complexity index is 542. The van der Waals surface area contributed by atoms with E-state index in [0.717, 1.165) is 30.1 Å². The Balaban J connectivity index is 2.30. The molecule has 0 atom stereocenters. The molecule has 5 heteroatoms. The van der Waals surface area contributed by atoms with Gasteiger partial charge in [-0.2, -0.15) is 4.68 Å². The lowest BCUT2D eigenvalue weighted by Gasteiger charge is -2.21. The fourth-order valence-corrected chi connectivity index (χ4v) is 1.82. The molecule has 102 valence electrons. The maximum Gasteiger partial charge on any atom is 0.156 e. The molecular weight excluding hydrogens is 240 g/mol. The molecule has 1 aromatic carbocycles. The molecule has 2 aromatic rings. The molecule has 0 spiro atoms. The van der Waals surface area contributed by atoms with Gasteiger partial charge in [0.15, 0.2) is 5.82 Å². The Labute approximate surface area is 113 Å². The molecule has 0 unspecified atom stereocenters. The third-order valence-corrected chi connectivity index (χ3v) is 2.49. The SMILES string of the molecule is CCCc1nnnn1-c1cccc(OC(C)(C)C)c1. The van der Waals surface area contributed by atoms with Gasteiger partial charge in [0, 0.05) is 12.5 Å². The lowest BCUT2D eigenvalue weighted by Crippen LogP contribution is -2.23. The van der Waals surface area contributed by atoms with Crippen molar-refractivity contribution < 1.29 is 4.74 Å². The first kappa shape index (κ1) is 13.5. The van der Waals surface area contributed by atoms with E-state index in [-0.39, 0.29) is 5.60 Å². The molecular formula is C14H20N4O. The summed E-state index contributed by atoms with van der Waals surface area (Å²) in [4.78, 5) is 0. The minimum absolute atomic E-state index is 0.217. The molecule has 2 rings (SSSR count). The van der Waals surface area contributed by atoms with E-state index in [4.69, 9.17) is 4.74 Å². The largest absolute Gasteiger partial charge is 0.488 e. The van der Waals surface area contributed by atoms with E-state index in [1.54, 1.807) is 4.68 Å². The van der Waals surface area contributed by atoms with Gasteiger partial charge in [-0.05, 0) is 49.8 Å². The van der Waals surface area contributed by atoms with Gasteiger partial charge in [-0.25, -0.2) is 0 Å². The molecule has 0 bridgehead atoms. The second kappa shape index (κ2) is 5.38. The molecule has 19 heavy (non-hydrogen) atoms. The van der Waals surface area contributed by atoms with Crippen molar-refractivity contribution in [3.05, 3.63) is 30.1 Å². The molecule has 5 nitrogen and oxygen atoms in total. The van der Waals surface area contributed by atoms with Crippen LogP contribution < -0.4 is 4.74 Å². The average Bonchev–Trinajstić information content (AvgIpc) is 2.76. The van der Waals surface area contributed by atoms with E-state index in [9.17, 15) is 0 Å². The molecule has 0 amide bonds. The minimum atomic E-state index is -0.217. The van der Waals surface area contributed by atoms with Crippen LogP contribution in [0.25, 0.3) is 5.69 Å². The van der Waals surface area contributed by atoms with Crippen molar-refractivity contribution in [3.63, 3.8) is 0 Å². The summed E-state index contributed by atoms with van der Waals surface area (Å²) in [6, 6.07) is 7.83. The Morgan fingerprint density at radius 3 is 2.74 bits per heavy atom. The molecule has 0 aliphatic heterocycles. The van der Waals surface area contributed by atoms with Crippen LogP contribution in [0, 0.1) is 0 Å². The summed E-state index contributed by atoms with van der Waals surface area (Å²) < 4.78 is 7.62. The molecule has 0 aliphatic carbocycles. The third kappa shape index (κ3) is 3.53. The third-order valence-electron chi connectivity index (χ3n) is 2.49. The van der Waals surface area contributed by atoms with Crippen LogP contribution in [0.5, 0.6) is 5.75 Å². The van der Waals surface area contributed by atoms with Crippen molar-refractivity contribution in [2.75, 3.05) is 0 Å². The van der Waals surface area contributed by atoms with Crippen LogP contribution in [0.2, 0.25) is 0 Å². The van der Waals surface area contributed by atoms with Crippen molar-refractivity contribution in [2.24, 2.45) is 0 Å². The average molecular weight is 260 g/mol. The molecule has 0 radical (unpaired) electrons. The summed E-state index contributed by atoms with van der Waals surface area (Å²) in [7, 11) is 0. The van der Waals surface area contributed by atoms with Gasteiger partial charge in [0.2, 0.25) is 0 Å². The highest BCUT2D eigenvalue weighted by atomic mass is 16.5. The zero-order valence-electron chi connectivity index (χ0n) is 11.9. The summed E-state index contributed by atoms with van der Waals surface area (Å²) in [6.07, 6.45) is 1.87. The summed E-state index contributed by atoms with van der Waals surface area (Å²) >= 11 is 0. The van der Waals surface area contributed by atoms with Crippen LogP contribution in [0.15, 0.2) is 24.3 Å². The Hall–Kier alpha value is -1.91. The number of aromatic nitrogens is 4. The van der Waals surface area contributed by atoms with Crippen LogP contribution in [-0.4, -0.2) is 25.8 Å². The van der Waals surface area contributed by atoms with Gasteiger partial charge >= 0.3 is 0 Å². The number of benzene rings is 1. The second-order valence-electron chi connectivity index (χ2n) is 5.47. The molecule has 0 saturated heterocycles. The van der Waals surface area contributed by atoms with E-state index in [1.165, 1.54) is 0 Å². The zero-order valence-corrected chi connectivity index (χ0v) is 11.9. The van der Waals surface area contributed by atoms with Gasteiger partial charge in [0.25, 0.3) is 0 Å². The van der Waals surface area contributed by atoms with Crippen LogP contribution in [0.4, 0.5) is 0 Å². The fraction of sp³-hybridized carbons (Fsp3) is 0.500. The molecule has 0 N–H and O–H groups in total. The molecule has 1 aromatic heterocycles. The van der Waals surface area contributed by atoms with E-state index >= 15 is 0 Å². The number of ether oxygens (including phenoxy) is 1. The second-order valence-corrected chi connectivity index (χ2v) is 5.47. The highest BCUT2D eigenvalue weighted by Crippen LogP contribution is 2.21. The van der Waals surface area contributed by atoms with Crippen molar-refractivity contribution in [3.8, 4) is 11.4 Å². The first-order chi connectivity index (χ1) is 8.99. The summed E-state index contributed by atoms with van der Waals surface area (Å²) in [5.41, 5.74) is 0.709. The van der Waals surface area contributed by atoms with E-state index in [1.807, 2.05) is 45.0 Å². The minimum Gasteiger partial charge on any atom is -0.488 e. The Kier molecular flexibility index (Phi) is 3.83. The van der Waals surface area contributed by atoms with Crippen LogP contribution >= 0.6 is 0 Å². The lowest BCUT2D eigenvalue weighted by atomic mass is 10.2. The maximum absolute atomic E-state index is 5.86. The zero-order chi connectivity index (χ0) is 13.9. The number of nitrogens with zero attached hydrogens (tertiary/aromatic N) is 4. The highest BCUT2D eigenvalue weighted by Gasteiger charge is 2.13. The number of tetrazole rings is 1. The number of hydrogen-bond donors (Lipinski definition) is 0. The normalized spacial score (nSPS) is 11.6. The molecule has 0 fully saturated rings. The van der Waals surface area contributed by atoms with E-state index < -0.39 is 0 Å². The van der Waals surface area contributed by atoms with Gasteiger partial charge in [-0.1, -0.05) is 13.0 Å². The fourth-order valence-electron chi connectivity index (χ4n) is 1.82. The predicted molar refractivity (Wildman–Crippen MR) is 73.5 cm³/mol. The van der Waals surface area contributed by atoms with Crippen LogP contribution in [0.3, 0.4) is 0 Å². The first-order valence-corrected chi connectivity index (χ1v) is 6.56. The Morgan fingerprint density at radius 1 is 1.26 bits per heavy atom. The standard InChI is InChI=1S/C14H20N4O/c1-5-7-13-15-16-17-18(13)11-8-6-9-12(10-11)19-14(2,3)4/h6,8-10H,5,7H2,1-4H3. The first-order valence-electron chi connectivity index (χ1n) is 6.56. The number of hydrogen-bond acceptors (Lipinski definition) is 4. The topological polar surface area (TPSA) is 52.8 Å². The van der Waals surface area contributed by atoms with E-state index in [2.05, 4.69) is 22.4 Å². The van der Waals surface area contributed by atoms with Crippen molar-refractivity contribution in [1.82, 2.24) is 20.2 Å². The van der Waals surface area contributed by atoms with Crippen LogP contribution in [0.1, 0.15) is 39.9 Å². The van der Waals surface area contributed by atoms with Gasteiger partial charge < -0.3 is 4.74 Å². The monoisotopic (exact) mass is 260 g/mol. The Morgan fingerprint density at radius 2 is 2.05 bits per heavy atom. The van der Waals surface area contributed by atoms with Crippen molar-refractivity contribution in [1.29, 1.82) is 0 Å². The molecule has 0 aliphatic rings. The molecule has 1 heterocycles.